The summed E-state index contributed by atoms with van der Waals surface area (Å²) in [4.78, 5) is 39.9. The molecular formula is C22H28N2O4S. The zero-order valence-corrected chi connectivity index (χ0v) is 18.2. The summed E-state index contributed by atoms with van der Waals surface area (Å²) in [5, 5.41) is 2.67. The Bertz CT molecular complexity index is 854. The van der Waals surface area contributed by atoms with Gasteiger partial charge in [-0.25, -0.2) is 4.79 Å². The molecule has 0 saturated heterocycles. The Hall–Kier alpha value is -2.67. The topological polar surface area (TPSA) is 75.7 Å². The number of hydrogen-bond donors (Lipinski definition) is 1. The molecule has 0 atom stereocenters. The van der Waals surface area contributed by atoms with Crippen molar-refractivity contribution in [2.75, 3.05) is 25.0 Å². The Labute approximate surface area is 175 Å². The number of nitrogens with zero attached hydrogens (tertiary/aromatic N) is 1. The molecule has 0 bridgehead atoms. The largest absolute Gasteiger partial charge is 0.451 e. The number of nitrogens with one attached hydrogen (secondary N) is 1. The van der Waals surface area contributed by atoms with Crippen LogP contribution in [-0.2, 0) is 16.0 Å². The number of anilines is 1. The van der Waals surface area contributed by atoms with Crippen LogP contribution in [0, 0.1) is 6.92 Å². The van der Waals surface area contributed by atoms with E-state index in [1.807, 2.05) is 26.8 Å². The van der Waals surface area contributed by atoms with Crippen molar-refractivity contribution in [1.82, 2.24) is 4.90 Å². The summed E-state index contributed by atoms with van der Waals surface area (Å²) in [5.74, 6) is -0.963. The molecule has 29 heavy (non-hydrogen) atoms. The van der Waals surface area contributed by atoms with E-state index < -0.39 is 11.9 Å². The summed E-state index contributed by atoms with van der Waals surface area (Å²) in [5.41, 5.74) is 2.25. The molecule has 0 unspecified atom stereocenters. The van der Waals surface area contributed by atoms with Gasteiger partial charge in [-0.15, -0.1) is 11.3 Å². The van der Waals surface area contributed by atoms with Gasteiger partial charge in [-0.3, -0.25) is 9.59 Å². The van der Waals surface area contributed by atoms with E-state index in [0.717, 1.165) is 23.3 Å². The molecule has 1 aromatic carbocycles. The number of ether oxygens (including phenoxy) is 1. The van der Waals surface area contributed by atoms with Crippen LogP contribution in [-0.4, -0.2) is 42.4 Å². The number of amides is 2. The van der Waals surface area contributed by atoms with Gasteiger partial charge in [-0.05, 0) is 63.1 Å². The van der Waals surface area contributed by atoms with Gasteiger partial charge in [0.05, 0.1) is 0 Å². The lowest BCUT2D eigenvalue weighted by Crippen LogP contribution is -2.30. The van der Waals surface area contributed by atoms with Crippen LogP contribution >= 0.6 is 11.3 Å². The normalized spacial score (nSPS) is 10.5. The van der Waals surface area contributed by atoms with E-state index in [2.05, 4.69) is 12.2 Å². The average Bonchev–Trinajstić information content (AvgIpc) is 3.08. The Morgan fingerprint density at radius 1 is 1.07 bits per heavy atom. The Kier molecular flexibility index (Phi) is 8.39. The standard InChI is InChI=1S/C22H28N2O4S/c1-5-8-17-13-19(29-15(17)4)22(27)28-14-20(25)23-18-11-9-16(10-12-18)21(26)24(6-2)7-3/h9-13H,5-8,14H2,1-4H3,(H,23,25). The molecule has 2 aromatic rings. The van der Waals surface area contributed by atoms with Gasteiger partial charge in [0.1, 0.15) is 4.88 Å². The molecule has 0 fully saturated rings. The number of carbonyl (C=O) groups is 3. The van der Waals surface area contributed by atoms with E-state index in [1.54, 1.807) is 29.2 Å². The summed E-state index contributed by atoms with van der Waals surface area (Å²) < 4.78 is 5.13. The average molecular weight is 417 g/mol. The number of hydrogen-bond acceptors (Lipinski definition) is 5. The molecule has 2 amide bonds. The van der Waals surface area contributed by atoms with Gasteiger partial charge >= 0.3 is 5.97 Å². The summed E-state index contributed by atoms with van der Waals surface area (Å²) in [6.45, 7) is 8.85. The molecule has 156 valence electrons. The summed E-state index contributed by atoms with van der Waals surface area (Å²) in [7, 11) is 0. The minimum absolute atomic E-state index is 0.0458. The molecule has 7 heteroatoms. The second-order valence-electron chi connectivity index (χ2n) is 6.62. The quantitative estimate of drug-likeness (QED) is 0.619. The highest BCUT2D eigenvalue weighted by atomic mass is 32.1. The fourth-order valence-electron chi connectivity index (χ4n) is 2.93. The van der Waals surface area contributed by atoms with Crippen LogP contribution in [0.5, 0.6) is 0 Å². The van der Waals surface area contributed by atoms with E-state index in [1.165, 1.54) is 11.3 Å². The monoisotopic (exact) mass is 416 g/mol. The van der Waals surface area contributed by atoms with E-state index >= 15 is 0 Å². The molecular weight excluding hydrogens is 388 g/mol. The molecule has 0 aliphatic heterocycles. The van der Waals surface area contributed by atoms with Crippen LogP contribution in [0.25, 0.3) is 0 Å². The molecule has 0 radical (unpaired) electrons. The molecule has 1 heterocycles. The van der Waals surface area contributed by atoms with Crippen molar-refractivity contribution in [2.45, 2.75) is 40.5 Å². The van der Waals surface area contributed by atoms with Crippen molar-refractivity contribution in [2.24, 2.45) is 0 Å². The van der Waals surface area contributed by atoms with Crippen LogP contribution in [0.1, 0.15) is 57.7 Å². The fourth-order valence-corrected chi connectivity index (χ4v) is 3.89. The zero-order chi connectivity index (χ0) is 21.4. The van der Waals surface area contributed by atoms with Gasteiger partial charge in [0.2, 0.25) is 0 Å². The van der Waals surface area contributed by atoms with Gasteiger partial charge in [-0.2, -0.15) is 0 Å². The highest BCUT2D eigenvalue weighted by Crippen LogP contribution is 2.23. The number of aryl methyl sites for hydroxylation is 2. The maximum Gasteiger partial charge on any atom is 0.348 e. The van der Waals surface area contributed by atoms with Crippen LogP contribution in [0.3, 0.4) is 0 Å². The van der Waals surface area contributed by atoms with Gasteiger partial charge in [0.15, 0.2) is 6.61 Å². The fraction of sp³-hybridized carbons (Fsp3) is 0.409. The minimum atomic E-state index is -0.490. The van der Waals surface area contributed by atoms with E-state index in [0.29, 0.717) is 29.2 Å². The number of benzene rings is 1. The molecule has 0 saturated carbocycles. The van der Waals surface area contributed by atoms with Gasteiger partial charge in [-0.1, -0.05) is 13.3 Å². The van der Waals surface area contributed by atoms with Crippen LogP contribution < -0.4 is 5.32 Å². The Morgan fingerprint density at radius 3 is 2.31 bits per heavy atom. The maximum atomic E-state index is 12.3. The summed E-state index contributed by atoms with van der Waals surface area (Å²) in [6, 6.07) is 8.51. The number of carbonyl (C=O) groups excluding carboxylic acids is 3. The molecule has 0 aliphatic carbocycles. The molecule has 1 aromatic heterocycles. The zero-order valence-electron chi connectivity index (χ0n) is 17.4. The molecule has 0 aliphatic rings. The van der Waals surface area contributed by atoms with Crippen molar-refractivity contribution in [3.63, 3.8) is 0 Å². The van der Waals surface area contributed by atoms with E-state index in [9.17, 15) is 14.4 Å². The third-order valence-corrected chi connectivity index (χ3v) is 5.61. The minimum Gasteiger partial charge on any atom is -0.451 e. The molecule has 2 rings (SSSR count). The first-order valence-electron chi connectivity index (χ1n) is 9.85. The maximum absolute atomic E-state index is 12.3. The molecule has 0 spiro atoms. The summed E-state index contributed by atoms with van der Waals surface area (Å²) in [6.07, 6.45) is 1.93. The Morgan fingerprint density at radius 2 is 1.72 bits per heavy atom. The first kappa shape index (κ1) is 22.6. The first-order chi connectivity index (χ1) is 13.9. The number of thiophene rings is 1. The third kappa shape index (κ3) is 6.15. The number of esters is 1. The van der Waals surface area contributed by atoms with Crippen molar-refractivity contribution >= 4 is 34.8 Å². The second-order valence-corrected chi connectivity index (χ2v) is 7.88. The number of rotatable bonds is 9. The van der Waals surface area contributed by atoms with Gasteiger partial charge in [0, 0.05) is 29.2 Å². The van der Waals surface area contributed by atoms with E-state index in [4.69, 9.17) is 4.74 Å². The highest BCUT2D eigenvalue weighted by molar-refractivity contribution is 7.14. The smallest absolute Gasteiger partial charge is 0.348 e. The van der Waals surface area contributed by atoms with Gasteiger partial charge in [0.25, 0.3) is 11.8 Å². The first-order valence-corrected chi connectivity index (χ1v) is 10.7. The highest BCUT2D eigenvalue weighted by Gasteiger charge is 2.16. The third-order valence-electron chi connectivity index (χ3n) is 4.54. The van der Waals surface area contributed by atoms with Crippen molar-refractivity contribution in [1.29, 1.82) is 0 Å². The SMILES string of the molecule is CCCc1cc(C(=O)OCC(=O)Nc2ccc(C(=O)N(CC)CC)cc2)sc1C. The molecule has 6 nitrogen and oxygen atoms in total. The van der Waals surface area contributed by atoms with Crippen LogP contribution in [0.2, 0.25) is 0 Å². The van der Waals surface area contributed by atoms with Crippen molar-refractivity contribution in [3.05, 3.63) is 51.2 Å². The van der Waals surface area contributed by atoms with Crippen molar-refractivity contribution < 1.29 is 19.1 Å². The lowest BCUT2D eigenvalue weighted by atomic mass is 10.1. The Balaban J connectivity index is 1.88. The van der Waals surface area contributed by atoms with Crippen LogP contribution in [0.15, 0.2) is 30.3 Å². The predicted octanol–water partition coefficient (Wildman–Crippen LogP) is 4.29. The molecule has 1 N–H and O–H groups in total. The van der Waals surface area contributed by atoms with E-state index in [-0.39, 0.29) is 12.5 Å². The lowest BCUT2D eigenvalue weighted by molar-refractivity contribution is -0.119. The van der Waals surface area contributed by atoms with Crippen LogP contribution in [0.4, 0.5) is 5.69 Å². The van der Waals surface area contributed by atoms with Gasteiger partial charge < -0.3 is 15.0 Å². The predicted molar refractivity (Wildman–Crippen MR) is 116 cm³/mol. The lowest BCUT2D eigenvalue weighted by Gasteiger charge is -2.18. The summed E-state index contributed by atoms with van der Waals surface area (Å²) >= 11 is 1.39. The van der Waals surface area contributed by atoms with Crippen molar-refractivity contribution in [3.8, 4) is 0 Å². The second kappa shape index (κ2) is 10.8.